The standard InChI is InChI=1S/C22H34N2O5S/c1-5-8-12-23(11-6-2)19(27)17-22-10-9-21(4,30-22)16(20(28)29)15(22)18(26)24(17)14(7-3)13-25/h6,14-17,25H,2,5,7-13H2,1,3-4H3,(H,28,29)/t14-,15-,16-,17?,21+,22?/m0/s1. The Hall–Kier alpha value is -1.54. The summed E-state index contributed by atoms with van der Waals surface area (Å²) in [6.07, 6.45) is 5.28. The van der Waals surface area contributed by atoms with Gasteiger partial charge in [0.15, 0.2) is 0 Å². The number of amides is 2. The molecule has 3 rings (SSSR count). The number of aliphatic hydroxyl groups is 1. The molecular weight excluding hydrogens is 404 g/mol. The van der Waals surface area contributed by atoms with Gasteiger partial charge >= 0.3 is 5.97 Å². The molecule has 3 aliphatic rings. The lowest BCUT2D eigenvalue weighted by Gasteiger charge is -2.39. The van der Waals surface area contributed by atoms with Gasteiger partial charge in [-0.2, -0.15) is 0 Å². The molecule has 0 aliphatic carbocycles. The number of carbonyl (C=O) groups excluding carboxylic acids is 2. The fourth-order valence-corrected chi connectivity index (χ4v) is 8.13. The molecule has 2 unspecified atom stereocenters. The van der Waals surface area contributed by atoms with E-state index in [0.717, 1.165) is 12.8 Å². The second-order valence-corrected chi connectivity index (χ2v) is 10.9. The molecule has 1 spiro atoms. The van der Waals surface area contributed by atoms with Crippen molar-refractivity contribution in [3.8, 4) is 0 Å². The number of nitrogens with zero attached hydrogens (tertiary/aromatic N) is 2. The van der Waals surface area contributed by atoms with E-state index in [-0.39, 0.29) is 18.4 Å². The Morgan fingerprint density at radius 2 is 2.10 bits per heavy atom. The molecule has 0 aromatic carbocycles. The normalized spacial score (nSPS) is 35.4. The summed E-state index contributed by atoms with van der Waals surface area (Å²) < 4.78 is -1.30. The van der Waals surface area contributed by atoms with Gasteiger partial charge in [0.05, 0.1) is 29.2 Å². The third-order valence-electron chi connectivity index (χ3n) is 7.23. The molecule has 0 radical (unpaired) electrons. The Labute approximate surface area is 182 Å². The molecule has 3 fully saturated rings. The molecule has 2 bridgehead atoms. The van der Waals surface area contributed by atoms with E-state index in [1.807, 2.05) is 13.8 Å². The number of unbranched alkanes of at least 4 members (excludes halogenated alkanes) is 1. The highest BCUT2D eigenvalue weighted by atomic mass is 32.2. The summed E-state index contributed by atoms with van der Waals surface area (Å²) in [6.45, 7) is 10.3. The number of fused-ring (bicyclic) bond motifs is 1. The molecule has 168 valence electrons. The topological polar surface area (TPSA) is 98.2 Å². The van der Waals surface area contributed by atoms with Gasteiger partial charge in [-0.3, -0.25) is 14.4 Å². The van der Waals surface area contributed by atoms with Crippen LogP contribution in [0.1, 0.15) is 52.9 Å². The zero-order valence-corrected chi connectivity index (χ0v) is 19.0. The molecule has 0 aromatic rings. The van der Waals surface area contributed by atoms with Crippen LogP contribution in [0.3, 0.4) is 0 Å². The second-order valence-electron chi connectivity index (χ2n) is 8.98. The first-order valence-corrected chi connectivity index (χ1v) is 11.8. The number of hydrogen-bond acceptors (Lipinski definition) is 5. The molecule has 6 atom stereocenters. The molecule has 7 nitrogen and oxygen atoms in total. The van der Waals surface area contributed by atoms with Crippen LogP contribution in [0.5, 0.6) is 0 Å². The minimum atomic E-state index is -0.969. The molecule has 0 saturated carbocycles. The van der Waals surface area contributed by atoms with Crippen molar-refractivity contribution in [2.24, 2.45) is 11.8 Å². The lowest BCUT2D eigenvalue weighted by Crippen LogP contribution is -2.57. The van der Waals surface area contributed by atoms with Crippen LogP contribution in [0.2, 0.25) is 0 Å². The average molecular weight is 439 g/mol. The number of carbonyl (C=O) groups is 3. The van der Waals surface area contributed by atoms with Crippen molar-refractivity contribution in [2.75, 3.05) is 19.7 Å². The van der Waals surface area contributed by atoms with Crippen LogP contribution in [0.15, 0.2) is 12.7 Å². The highest BCUT2D eigenvalue weighted by molar-refractivity contribution is 8.02. The first-order valence-electron chi connectivity index (χ1n) is 11.0. The number of thioether (sulfide) groups is 1. The van der Waals surface area contributed by atoms with E-state index in [1.54, 1.807) is 15.9 Å². The van der Waals surface area contributed by atoms with Crippen LogP contribution in [0.25, 0.3) is 0 Å². The van der Waals surface area contributed by atoms with Gasteiger partial charge < -0.3 is 20.0 Å². The van der Waals surface area contributed by atoms with Crippen molar-refractivity contribution < 1.29 is 24.6 Å². The summed E-state index contributed by atoms with van der Waals surface area (Å²) >= 11 is 1.53. The number of hydrogen-bond donors (Lipinski definition) is 2. The van der Waals surface area contributed by atoms with Crippen molar-refractivity contribution >= 4 is 29.5 Å². The van der Waals surface area contributed by atoms with E-state index < -0.39 is 39.4 Å². The number of aliphatic carboxylic acids is 1. The largest absolute Gasteiger partial charge is 0.481 e. The summed E-state index contributed by atoms with van der Waals surface area (Å²) in [5.41, 5.74) is 0. The summed E-state index contributed by atoms with van der Waals surface area (Å²) in [7, 11) is 0. The number of carboxylic acid groups (broad SMARTS) is 1. The molecule has 0 aromatic heterocycles. The van der Waals surface area contributed by atoms with Gasteiger partial charge in [-0.15, -0.1) is 18.3 Å². The minimum absolute atomic E-state index is 0.145. The summed E-state index contributed by atoms with van der Waals surface area (Å²) in [4.78, 5) is 43.0. The predicted octanol–water partition coefficient (Wildman–Crippen LogP) is 2.14. The van der Waals surface area contributed by atoms with Crippen molar-refractivity contribution in [3.05, 3.63) is 12.7 Å². The molecule has 2 N–H and O–H groups in total. The smallest absolute Gasteiger partial charge is 0.308 e. The molecule has 2 amide bonds. The Morgan fingerprint density at radius 3 is 2.63 bits per heavy atom. The van der Waals surface area contributed by atoms with Gasteiger partial charge in [0, 0.05) is 17.8 Å². The molecule has 8 heteroatoms. The van der Waals surface area contributed by atoms with Crippen molar-refractivity contribution in [1.29, 1.82) is 0 Å². The summed E-state index contributed by atoms with van der Waals surface area (Å²) in [5, 5.41) is 20.0. The van der Waals surface area contributed by atoms with Crippen LogP contribution in [0.4, 0.5) is 0 Å². The number of rotatable bonds is 10. The SMILES string of the molecule is C=CCN(CCCC)C(=O)C1N([C@@H](CC)CO)C(=O)[C@@H]2[C@@H](C(=O)O)[C@@]3(C)CCC12S3. The van der Waals surface area contributed by atoms with Crippen LogP contribution < -0.4 is 0 Å². The average Bonchev–Trinajstić information content (AvgIpc) is 3.27. The van der Waals surface area contributed by atoms with Crippen molar-refractivity contribution in [2.45, 2.75) is 74.5 Å². The number of likely N-dealkylation sites (tertiary alicyclic amines) is 1. The maximum absolute atomic E-state index is 13.9. The first kappa shape index (κ1) is 23.1. The van der Waals surface area contributed by atoms with Gasteiger partial charge in [-0.25, -0.2) is 0 Å². The molecular formula is C22H34N2O5S. The van der Waals surface area contributed by atoms with E-state index in [0.29, 0.717) is 32.4 Å². The monoisotopic (exact) mass is 438 g/mol. The molecule has 3 saturated heterocycles. The second kappa shape index (κ2) is 8.54. The zero-order chi connectivity index (χ0) is 22.3. The van der Waals surface area contributed by atoms with Crippen molar-refractivity contribution in [3.63, 3.8) is 0 Å². The van der Waals surface area contributed by atoms with Gasteiger partial charge in [0.1, 0.15) is 6.04 Å². The van der Waals surface area contributed by atoms with Gasteiger partial charge in [0.2, 0.25) is 11.8 Å². The van der Waals surface area contributed by atoms with Crippen LogP contribution in [-0.4, -0.2) is 79.1 Å². The summed E-state index contributed by atoms with van der Waals surface area (Å²) in [6, 6.07) is -1.25. The third-order valence-corrected chi connectivity index (χ3v) is 9.22. The van der Waals surface area contributed by atoms with Crippen LogP contribution in [0, 0.1) is 11.8 Å². The quantitative estimate of drug-likeness (QED) is 0.507. The Balaban J connectivity index is 2.09. The highest BCUT2D eigenvalue weighted by Crippen LogP contribution is 2.71. The van der Waals surface area contributed by atoms with Crippen molar-refractivity contribution in [1.82, 2.24) is 9.80 Å². The number of aliphatic hydroxyl groups excluding tert-OH is 1. The lowest BCUT2D eigenvalue weighted by molar-refractivity contribution is -0.151. The third kappa shape index (κ3) is 3.27. The summed E-state index contributed by atoms with van der Waals surface area (Å²) in [5.74, 6) is -2.95. The molecule has 3 heterocycles. The fraction of sp³-hybridized carbons (Fsp3) is 0.773. The van der Waals surface area contributed by atoms with Gasteiger partial charge in [0.25, 0.3) is 0 Å². The van der Waals surface area contributed by atoms with Gasteiger partial charge in [-0.05, 0) is 32.6 Å². The molecule has 3 aliphatic heterocycles. The zero-order valence-electron chi connectivity index (χ0n) is 18.2. The van der Waals surface area contributed by atoms with E-state index in [9.17, 15) is 24.6 Å². The Bertz CT molecular complexity index is 726. The Morgan fingerprint density at radius 1 is 1.40 bits per heavy atom. The van der Waals surface area contributed by atoms with Crippen LogP contribution in [-0.2, 0) is 14.4 Å². The maximum atomic E-state index is 13.9. The minimum Gasteiger partial charge on any atom is -0.481 e. The highest BCUT2D eigenvalue weighted by Gasteiger charge is 2.77. The fourth-order valence-electron chi connectivity index (χ4n) is 5.80. The maximum Gasteiger partial charge on any atom is 0.308 e. The lowest BCUT2D eigenvalue weighted by atomic mass is 9.66. The van der Waals surface area contributed by atoms with E-state index >= 15 is 0 Å². The van der Waals surface area contributed by atoms with Gasteiger partial charge in [-0.1, -0.05) is 26.3 Å². The van der Waals surface area contributed by atoms with E-state index in [4.69, 9.17) is 0 Å². The molecule has 30 heavy (non-hydrogen) atoms. The van der Waals surface area contributed by atoms with E-state index in [1.165, 1.54) is 11.8 Å². The van der Waals surface area contributed by atoms with E-state index in [2.05, 4.69) is 13.5 Å². The number of carboxylic acids is 1. The first-order chi connectivity index (χ1) is 14.2. The van der Waals surface area contributed by atoms with Crippen LogP contribution >= 0.6 is 11.8 Å². The predicted molar refractivity (Wildman–Crippen MR) is 116 cm³/mol. The Kier molecular flexibility index (Phi) is 6.58.